The SMILES string of the molecule is CCC(Sc1nnc(NC(C)=O)s1)C(=O)Nc1ccc(S(N)(=O)=O)cc1. The minimum absolute atomic E-state index is 0.0312. The van der Waals surface area contributed by atoms with Gasteiger partial charge in [-0.1, -0.05) is 30.0 Å². The summed E-state index contributed by atoms with van der Waals surface area (Å²) in [7, 11) is -3.78. The van der Waals surface area contributed by atoms with Crippen molar-refractivity contribution >= 4 is 55.8 Å². The molecule has 0 spiro atoms. The second kappa shape index (κ2) is 8.58. The van der Waals surface area contributed by atoms with Gasteiger partial charge in [0.1, 0.15) is 0 Å². The molecule has 0 aliphatic rings. The van der Waals surface area contributed by atoms with E-state index >= 15 is 0 Å². The molecule has 140 valence electrons. The van der Waals surface area contributed by atoms with Crippen molar-refractivity contribution in [2.75, 3.05) is 10.6 Å². The highest BCUT2D eigenvalue weighted by molar-refractivity contribution is 8.02. The summed E-state index contributed by atoms with van der Waals surface area (Å²) in [5, 5.41) is 18.0. The molecule has 0 bridgehead atoms. The Balaban J connectivity index is 2.02. The minimum Gasteiger partial charge on any atom is -0.325 e. The number of anilines is 2. The van der Waals surface area contributed by atoms with Crippen molar-refractivity contribution in [2.45, 2.75) is 34.8 Å². The number of aromatic nitrogens is 2. The number of benzene rings is 1. The van der Waals surface area contributed by atoms with Crippen LogP contribution in [0.3, 0.4) is 0 Å². The Labute approximate surface area is 158 Å². The Morgan fingerprint density at radius 1 is 1.23 bits per heavy atom. The standard InChI is InChI=1S/C14H17N5O4S3/c1-3-11(24-14-19-18-13(25-14)16-8(2)20)12(21)17-9-4-6-10(7-5-9)26(15,22)23/h4-7,11H,3H2,1-2H3,(H,17,21)(H2,15,22,23)(H,16,18,20). The third kappa shape index (κ3) is 5.76. The van der Waals surface area contributed by atoms with Crippen LogP contribution in [0.2, 0.25) is 0 Å². The Hall–Kier alpha value is -2.02. The lowest BCUT2D eigenvalue weighted by molar-refractivity contribution is -0.116. The summed E-state index contributed by atoms with van der Waals surface area (Å²) in [6, 6.07) is 5.58. The van der Waals surface area contributed by atoms with Crippen LogP contribution in [0.5, 0.6) is 0 Å². The predicted octanol–water partition coefficient (Wildman–Crippen LogP) is 1.65. The van der Waals surface area contributed by atoms with E-state index in [4.69, 9.17) is 5.14 Å². The molecular weight excluding hydrogens is 398 g/mol. The van der Waals surface area contributed by atoms with Crippen LogP contribution in [-0.2, 0) is 19.6 Å². The largest absolute Gasteiger partial charge is 0.325 e. The summed E-state index contributed by atoms with van der Waals surface area (Å²) in [4.78, 5) is 23.4. The number of nitrogens with one attached hydrogen (secondary N) is 2. The number of hydrogen-bond donors (Lipinski definition) is 3. The van der Waals surface area contributed by atoms with Gasteiger partial charge in [0.2, 0.25) is 27.0 Å². The van der Waals surface area contributed by atoms with Crippen molar-refractivity contribution in [1.82, 2.24) is 10.2 Å². The van der Waals surface area contributed by atoms with Crippen molar-refractivity contribution in [1.29, 1.82) is 0 Å². The number of primary sulfonamides is 1. The van der Waals surface area contributed by atoms with Crippen LogP contribution in [0.25, 0.3) is 0 Å². The van der Waals surface area contributed by atoms with Crippen LogP contribution in [0.15, 0.2) is 33.5 Å². The van der Waals surface area contributed by atoms with Crippen LogP contribution in [0, 0.1) is 0 Å². The predicted molar refractivity (Wildman–Crippen MR) is 101 cm³/mol. The number of thioether (sulfide) groups is 1. The van der Waals surface area contributed by atoms with Gasteiger partial charge >= 0.3 is 0 Å². The topological polar surface area (TPSA) is 144 Å². The van der Waals surface area contributed by atoms with Gasteiger partial charge in [-0.25, -0.2) is 13.6 Å². The molecule has 9 nitrogen and oxygen atoms in total. The molecule has 12 heteroatoms. The molecule has 0 saturated carbocycles. The molecule has 1 atom stereocenters. The lowest BCUT2D eigenvalue weighted by Gasteiger charge is -2.13. The molecular formula is C14H17N5O4S3. The van der Waals surface area contributed by atoms with E-state index in [1.807, 2.05) is 6.92 Å². The lowest BCUT2D eigenvalue weighted by atomic mass is 10.3. The van der Waals surface area contributed by atoms with E-state index in [2.05, 4.69) is 20.8 Å². The van der Waals surface area contributed by atoms with Crippen molar-refractivity contribution in [3.8, 4) is 0 Å². The van der Waals surface area contributed by atoms with Crippen molar-refractivity contribution < 1.29 is 18.0 Å². The average Bonchev–Trinajstić information content (AvgIpc) is 2.98. The fourth-order valence-electron chi connectivity index (χ4n) is 1.85. The van der Waals surface area contributed by atoms with E-state index in [9.17, 15) is 18.0 Å². The van der Waals surface area contributed by atoms with Gasteiger partial charge in [0, 0.05) is 12.6 Å². The molecule has 2 amide bonds. The summed E-state index contributed by atoms with van der Waals surface area (Å²) < 4.78 is 23.0. The average molecular weight is 416 g/mol. The zero-order valence-electron chi connectivity index (χ0n) is 13.9. The Kier molecular flexibility index (Phi) is 6.69. The number of amides is 2. The number of sulfonamides is 1. The maximum absolute atomic E-state index is 12.4. The van der Waals surface area contributed by atoms with Crippen LogP contribution in [-0.4, -0.2) is 35.7 Å². The van der Waals surface area contributed by atoms with Gasteiger partial charge in [-0.2, -0.15) is 0 Å². The fraction of sp³-hybridized carbons (Fsp3) is 0.286. The summed E-state index contributed by atoms with van der Waals surface area (Å²) in [6.07, 6.45) is 0.542. The second-order valence-corrected chi connectivity index (χ2v) is 9.12. The van der Waals surface area contributed by atoms with Gasteiger partial charge in [0.15, 0.2) is 4.34 Å². The molecule has 26 heavy (non-hydrogen) atoms. The maximum Gasteiger partial charge on any atom is 0.238 e. The van der Waals surface area contributed by atoms with Gasteiger partial charge in [-0.05, 0) is 30.7 Å². The zero-order valence-corrected chi connectivity index (χ0v) is 16.4. The summed E-state index contributed by atoms with van der Waals surface area (Å²) in [5.41, 5.74) is 0.456. The zero-order chi connectivity index (χ0) is 19.3. The quantitative estimate of drug-likeness (QED) is 0.460. The van der Waals surface area contributed by atoms with Crippen molar-refractivity contribution in [3.63, 3.8) is 0 Å². The van der Waals surface area contributed by atoms with Gasteiger partial charge < -0.3 is 10.6 Å². The molecule has 0 aliphatic heterocycles. The molecule has 1 aromatic heterocycles. The van der Waals surface area contributed by atoms with Crippen LogP contribution >= 0.6 is 23.1 Å². The normalized spacial score (nSPS) is 12.4. The molecule has 1 aromatic carbocycles. The maximum atomic E-state index is 12.4. The molecule has 1 unspecified atom stereocenters. The first kappa shape index (κ1) is 20.3. The van der Waals surface area contributed by atoms with E-state index in [1.54, 1.807) is 0 Å². The van der Waals surface area contributed by atoms with Crippen LogP contribution in [0.4, 0.5) is 10.8 Å². The number of carbonyl (C=O) groups excluding carboxylic acids is 2. The van der Waals surface area contributed by atoms with E-state index in [0.717, 1.165) is 0 Å². The third-order valence-corrected chi connectivity index (χ3v) is 6.26. The highest BCUT2D eigenvalue weighted by Gasteiger charge is 2.21. The van der Waals surface area contributed by atoms with E-state index < -0.39 is 15.3 Å². The number of rotatable bonds is 7. The molecule has 1 heterocycles. The van der Waals surface area contributed by atoms with Crippen LogP contribution in [0.1, 0.15) is 20.3 Å². The molecule has 0 radical (unpaired) electrons. The van der Waals surface area contributed by atoms with Crippen LogP contribution < -0.4 is 15.8 Å². The first-order valence-corrected chi connectivity index (χ1v) is 10.6. The number of carbonyl (C=O) groups is 2. The first-order valence-electron chi connectivity index (χ1n) is 7.40. The van der Waals surface area contributed by atoms with Gasteiger partial charge in [0.05, 0.1) is 10.1 Å². The monoisotopic (exact) mass is 415 g/mol. The molecule has 0 fully saturated rings. The Morgan fingerprint density at radius 2 is 1.88 bits per heavy atom. The number of nitrogens with two attached hydrogens (primary N) is 1. The highest BCUT2D eigenvalue weighted by atomic mass is 32.2. The fourth-order valence-corrected chi connectivity index (χ4v) is 4.33. The Bertz CT molecular complexity index is 896. The van der Waals surface area contributed by atoms with E-state index in [0.29, 0.717) is 21.6 Å². The smallest absolute Gasteiger partial charge is 0.238 e. The lowest BCUT2D eigenvalue weighted by Crippen LogP contribution is -2.24. The third-order valence-electron chi connectivity index (χ3n) is 3.05. The molecule has 2 rings (SSSR count). The Morgan fingerprint density at radius 3 is 2.42 bits per heavy atom. The summed E-state index contributed by atoms with van der Waals surface area (Å²) in [5.74, 6) is -0.498. The van der Waals surface area contributed by atoms with Gasteiger partial charge in [0.25, 0.3) is 0 Å². The van der Waals surface area contributed by atoms with E-state index in [-0.39, 0.29) is 16.7 Å². The van der Waals surface area contributed by atoms with Crippen molar-refractivity contribution in [2.24, 2.45) is 5.14 Å². The molecule has 4 N–H and O–H groups in total. The number of nitrogens with zero attached hydrogens (tertiary/aromatic N) is 2. The van der Waals surface area contributed by atoms with Gasteiger partial charge in [-0.15, -0.1) is 10.2 Å². The molecule has 2 aromatic rings. The van der Waals surface area contributed by atoms with Gasteiger partial charge in [-0.3, -0.25) is 9.59 Å². The summed E-state index contributed by atoms with van der Waals surface area (Å²) in [6.45, 7) is 3.23. The first-order chi connectivity index (χ1) is 12.2. The second-order valence-electron chi connectivity index (χ2n) is 5.13. The highest BCUT2D eigenvalue weighted by Crippen LogP contribution is 2.31. The number of hydrogen-bond acceptors (Lipinski definition) is 8. The summed E-state index contributed by atoms with van der Waals surface area (Å²) >= 11 is 2.42. The van der Waals surface area contributed by atoms with E-state index in [1.165, 1.54) is 54.3 Å². The molecule has 0 saturated heterocycles. The van der Waals surface area contributed by atoms with Crippen molar-refractivity contribution in [3.05, 3.63) is 24.3 Å². The minimum atomic E-state index is -3.78. The molecule has 0 aliphatic carbocycles.